The van der Waals surface area contributed by atoms with Gasteiger partial charge < -0.3 is 70.8 Å². The standard InChI is InChI=1S/C47H64N14O11S2/c48-35(62)15-14-30-40(67)57-32(21-36(49)63)42(69)58-33(44(71)61-18-7-13-34(61)43(70)56-29(12-6-17-53-46(51)52)39(66)54-24-37(50)64)25-74-73-19-16-38(65)60-47(22-27-10-4-5-11-28(27)23-47)45(72)59-31(41(68)55-30)20-26-8-2-1-3-9-26/h1-5,8-11,29-34H,6-7,12-25H2,(H2,48,62)(H2,49,63)(H2,50,64)(H,54,66)(H,55,68)(H,56,70)(H,57,67)(H,58,69)(H,59,72)(H,60,65)(H4,51,52,53)/t29-,30+,31+,32+,33+,34+/m1/s1. The Labute approximate surface area is 434 Å². The quantitative estimate of drug-likeness (QED) is 0.0310. The Morgan fingerprint density at radius 2 is 1.42 bits per heavy atom. The van der Waals surface area contributed by atoms with Crippen molar-refractivity contribution in [2.24, 2.45) is 33.7 Å². The Morgan fingerprint density at radius 1 is 0.770 bits per heavy atom. The summed E-state index contributed by atoms with van der Waals surface area (Å²) in [4.78, 5) is 154. The Bertz CT molecular complexity index is 2440. The van der Waals surface area contributed by atoms with Gasteiger partial charge in [-0.25, -0.2) is 0 Å². The number of nitrogens with one attached hydrogen (secondary N) is 7. The van der Waals surface area contributed by atoms with Crippen LogP contribution in [0.25, 0.3) is 0 Å². The van der Waals surface area contributed by atoms with E-state index in [1.165, 1.54) is 15.7 Å². The summed E-state index contributed by atoms with van der Waals surface area (Å²) in [6.07, 6.45) is -0.886. The van der Waals surface area contributed by atoms with Crippen molar-refractivity contribution in [3.05, 3.63) is 71.3 Å². The minimum atomic E-state index is -1.75. The molecule has 2 aromatic rings. The molecule has 0 radical (unpaired) electrons. The molecule has 2 heterocycles. The van der Waals surface area contributed by atoms with Gasteiger partial charge in [0.25, 0.3) is 0 Å². The third kappa shape index (κ3) is 17.1. The minimum absolute atomic E-state index is 0.0223. The van der Waals surface area contributed by atoms with Gasteiger partial charge in [0, 0.05) is 56.7 Å². The van der Waals surface area contributed by atoms with E-state index in [9.17, 15) is 52.7 Å². The van der Waals surface area contributed by atoms with Crippen LogP contribution in [0.4, 0.5) is 0 Å². The number of aliphatic imine (C=N–C) groups is 1. The smallest absolute Gasteiger partial charge is 0.247 e. The largest absolute Gasteiger partial charge is 0.370 e. The van der Waals surface area contributed by atoms with E-state index in [0.717, 1.165) is 21.9 Å². The van der Waals surface area contributed by atoms with Gasteiger partial charge in [0.15, 0.2) is 5.96 Å². The van der Waals surface area contributed by atoms with Crippen molar-refractivity contribution in [3.63, 3.8) is 0 Å². The molecule has 27 heteroatoms. The highest BCUT2D eigenvalue weighted by molar-refractivity contribution is 8.76. The topological polar surface area (TPSA) is 418 Å². The van der Waals surface area contributed by atoms with E-state index in [-0.39, 0.29) is 75.5 Å². The number of nitrogens with zero attached hydrogens (tertiary/aromatic N) is 2. The summed E-state index contributed by atoms with van der Waals surface area (Å²) < 4.78 is 0. The number of fused-ring (bicyclic) bond motifs is 1. The molecule has 3 aliphatic rings. The van der Waals surface area contributed by atoms with Gasteiger partial charge in [0.2, 0.25) is 65.0 Å². The van der Waals surface area contributed by atoms with Crippen LogP contribution < -0.4 is 65.9 Å². The fourth-order valence-corrected chi connectivity index (χ4v) is 10.9. The van der Waals surface area contributed by atoms with Crippen LogP contribution >= 0.6 is 21.6 Å². The highest BCUT2D eigenvalue weighted by Gasteiger charge is 2.47. The zero-order valence-corrected chi connectivity index (χ0v) is 42.2. The van der Waals surface area contributed by atoms with Crippen LogP contribution in [0.3, 0.4) is 0 Å². The molecule has 2 aromatic carbocycles. The van der Waals surface area contributed by atoms with Crippen LogP contribution in [0.1, 0.15) is 68.1 Å². The molecule has 25 nitrogen and oxygen atoms in total. The second-order valence-electron chi connectivity index (χ2n) is 18.1. The summed E-state index contributed by atoms with van der Waals surface area (Å²) in [5.41, 5.74) is 27.8. The first-order chi connectivity index (χ1) is 35.2. The van der Waals surface area contributed by atoms with E-state index in [4.69, 9.17) is 28.7 Å². The summed E-state index contributed by atoms with van der Waals surface area (Å²) >= 11 is 0. The molecule has 1 aliphatic carbocycles. The lowest BCUT2D eigenvalue weighted by Gasteiger charge is -2.32. The number of amides is 11. The second-order valence-corrected chi connectivity index (χ2v) is 20.7. The highest BCUT2D eigenvalue weighted by Crippen LogP contribution is 2.32. The first-order valence-corrected chi connectivity index (χ1v) is 26.4. The van der Waals surface area contributed by atoms with Crippen LogP contribution in [-0.4, -0.2) is 149 Å². The molecule has 2 fully saturated rings. The number of guanidine groups is 1. The molecule has 0 unspecified atom stereocenters. The molecular formula is C47H64N14O11S2. The van der Waals surface area contributed by atoms with Crippen LogP contribution in [0.2, 0.25) is 0 Å². The van der Waals surface area contributed by atoms with Crippen LogP contribution in [0, 0.1) is 0 Å². The summed E-state index contributed by atoms with van der Waals surface area (Å²) in [5.74, 6) is -9.29. The molecular weight excluding hydrogens is 1000 g/mol. The van der Waals surface area contributed by atoms with E-state index in [1.54, 1.807) is 42.5 Å². The van der Waals surface area contributed by atoms with Gasteiger partial charge in [0.05, 0.1) is 13.0 Å². The van der Waals surface area contributed by atoms with E-state index in [0.29, 0.717) is 12.0 Å². The molecule has 17 N–H and O–H groups in total. The molecule has 2 aliphatic heterocycles. The van der Waals surface area contributed by atoms with Crippen LogP contribution in [0.15, 0.2) is 59.6 Å². The summed E-state index contributed by atoms with van der Waals surface area (Å²) in [6.45, 7) is -0.372. The van der Waals surface area contributed by atoms with Crippen molar-refractivity contribution in [2.45, 2.75) is 112 Å². The number of primary amides is 3. The zero-order chi connectivity index (χ0) is 54.0. The van der Waals surface area contributed by atoms with Gasteiger partial charge in [-0.1, -0.05) is 76.2 Å². The first-order valence-electron chi connectivity index (χ1n) is 23.9. The Morgan fingerprint density at radius 3 is 2.07 bits per heavy atom. The first kappa shape index (κ1) is 57.5. The predicted octanol–water partition coefficient (Wildman–Crippen LogP) is -4.12. The predicted molar refractivity (Wildman–Crippen MR) is 273 cm³/mol. The summed E-state index contributed by atoms with van der Waals surface area (Å²) in [7, 11) is 2.26. The highest BCUT2D eigenvalue weighted by atomic mass is 33.1. The normalized spacial score (nSPS) is 22.0. The molecule has 6 atom stereocenters. The van der Waals surface area contributed by atoms with Gasteiger partial charge in [-0.05, 0) is 48.8 Å². The van der Waals surface area contributed by atoms with E-state index in [1.807, 2.05) is 12.1 Å². The van der Waals surface area contributed by atoms with Crippen LogP contribution in [-0.2, 0) is 72.0 Å². The molecule has 5 rings (SSSR count). The second kappa shape index (κ2) is 27.6. The summed E-state index contributed by atoms with van der Waals surface area (Å²) in [6, 6.07) is 7.44. The third-order valence-electron chi connectivity index (χ3n) is 12.4. The van der Waals surface area contributed by atoms with E-state index >= 15 is 0 Å². The number of hydrogen-bond donors (Lipinski definition) is 12. The van der Waals surface area contributed by atoms with Gasteiger partial charge in [-0.15, -0.1) is 0 Å². The Kier molecular flexibility index (Phi) is 21.4. The number of rotatable bonds is 17. The number of carbonyl (C=O) groups excluding carboxylic acids is 11. The molecule has 0 saturated carbocycles. The molecule has 0 bridgehead atoms. The van der Waals surface area contributed by atoms with Crippen molar-refractivity contribution in [1.29, 1.82) is 0 Å². The maximum absolute atomic E-state index is 14.6. The molecule has 0 aromatic heterocycles. The number of carbonyl (C=O) groups is 11. The zero-order valence-electron chi connectivity index (χ0n) is 40.6. The fraction of sp³-hybridized carbons (Fsp3) is 0.489. The third-order valence-corrected chi connectivity index (χ3v) is 14.8. The lowest BCUT2D eigenvalue weighted by molar-refractivity contribution is -0.142. The van der Waals surface area contributed by atoms with Crippen molar-refractivity contribution in [3.8, 4) is 0 Å². The van der Waals surface area contributed by atoms with Gasteiger partial charge in [0.1, 0.15) is 41.8 Å². The molecule has 400 valence electrons. The maximum atomic E-state index is 14.6. The van der Waals surface area contributed by atoms with Gasteiger partial charge >= 0.3 is 0 Å². The average Bonchev–Trinajstić information content (AvgIpc) is 4.00. The van der Waals surface area contributed by atoms with Crippen molar-refractivity contribution in [1.82, 2.24) is 42.1 Å². The monoisotopic (exact) mass is 1060 g/mol. The van der Waals surface area contributed by atoms with Gasteiger partial charge in [-0.2, -0.15) is 0 Å². The van der Waals surface area contributed by atoms with Crippen molar-refractivity contribution < 1.29 is 52.7 Å². The maximum Gasteiger partial charge on any atom is 0.247 e. The fourth-order valence-electron chi connectivity index (χ4n) is 8.71. The number of nitrogens with two attached hydrogens (primary N) is 5. The number of hydrogen-bond acceptors (Lipinski definition) is 14. The van der Waals surface area contributed by atoms with Gasteiger partial charge in [-0.3, -0.25) is 57.7 Å². The lowest BCUT2D eigenvalue weighted by Crippen LogP contribution is -2.64. The molecule has 2 saturated heterocycles. The Balaban J connectivity index is 1.46. The van der Waals surface area contributed by atoms with Crippen molar-refractivity contribution >= 4 is 92.5 Å². The average molecular weight is 1070 g/mol. The number of likely N-dealkylation sites (tertiary alicyclic amines) is 1. The SMILES string of the molecule is NC(=O)CC[C@@H]1NC(=O)[C@H](Cc2ccccc2)NC(=O)C2(Cc3ccccc3C2)NC(=O)CCSSC[C@@H](C(=O)N2CCC[C@H]2C(=O)N[C@H](CCCN=C(N)N)C(=O)NCC(N)=O)NC(=O)[C@H](CC(N)=O)NC1=O. The molecule has 11 amide bonds. The van der Waals surface area contributed by atoms with E-state index < -0.39 is 133 Å². The summed E-state index contributed by atoms with van der Waals surface area (Å²) in [5, 5.41) is 18.4. The molecule has 1 spiro atoms. The molecule has 74 heavy (non-hydrogen) atoms. The Hall–Kier alpha value is -7.42. The van der Waals surface area contributed by atoms with E-state index in [2.05, 4.69) is 42.2 Å². The lowest BCUT2D eigenvalue weighted by atomic mass is 9.92. The van der Waals surface area contributed by atoms with Crippen LogP contribution in [0.5, 0.6) is 0 Å². The van der Waals surface area contributed by atoms with Crippen molar-refractivity contribution in [2.75, 3.05) is 31.1 Å². The minimum Gasteiger partial charge on any atom is -0.370 e. The number of benzene rings is 2.